The summed E-state index contributed by atoms with van der Waals surface area (Å²) in [6.07, 6.45) is 5.31. The maximum atomic E-state index is 12.9. The van der Waals surface area contributed by atoms with Crippen LogP contribution in [0.25, 0.3) is 0 Å². The lowest BCUT2D eigenvalue weighted by molar-refractivity contribution is -0.143. The molecule has 3 unspecified atom stereocenters. The highest BCUT2D eigenvalue weighted by Gasteiger charge is 2.34. The first-order valence-electron chi connectivity index (χ1n) is 9.71. The summed E-state index contributed by atoms with van der Waals surface area (Å²) in [5.41, 5.74) is 0. The Balaban J connectivity index is 1.90. The van der Waals surface area contributed by atoms with Gasteiger partial charge < -0.3 is 14.9 Å². The summed E-state index contributed by atoms with van der Waals surface area (Å²) in [5, 5.41) is 8.85. The van der Waals surface area contributed by atoms with Gasteiger partial charge in [0.25, 0.3) is 0 Å². The van der Waals surface area contributed by atoms with Gasteiger partial charge >= 0.3 is 5.97 Å². The minimum atomic E-state index is -0.769. The molecule has 2 rings (SSSR count). The van der Waals surface area contributed by atoms with E-state index in [0.29, 0.717) is 19.5 Å². The van der Waals surface area contributed by atoms with E-state index in [-0.39, 0.29) is 36.0 Å². The van der Waals surface area contributed by atoms with Crippen molar-refractivity contribution in [1.82, 2.24) is 9.80 Å². The van der Waals surface area contributed by atoms with Crippen molar-refractivity contribution in [2.45, 2.75) is 58.8 Å². The van der Waals surface area contributed by atoms with Crippen LogP contribution in [0.3, 0.4) is 0 Å². The molecule has 0 aromatic carbocycles. The van der Waals surface area contributed by atoms with Gasteiger partial charge in [0.05, 0.1) is 5.92 Å². The maximum Gasteiger partial charge on any atom is 0.303 e. The lowest BCUT2D eigenvalue weighted by atomic mass is 9.90. The quantitative estimate of drug-likeness (QED) is 0.796. The van der Waals surface area contributed by atoms with Gasteiger partial charge in [-0.15, -0.1) is 0 Å². The standard InChI is InChI=1S/C19H32N2O4/c1-3-14(2)18(24)21-11-5-7-16(13-21)19(25)20-10-4-6-15(12-20)8-9-17(22)23/h14-16H,3-13H2,1-2H3,(H,22,23). The molecule has 6 heteroatoms. The zero-order valence-corrected chi connectivity index (χ0v) is 15.6. The Morgan fingerprint density at radius 2 is 1.76 bits per heavy atom. The molecule has 25 heavy (non-hydrogen) atoms. The summed E-state index contributed by atoms with van der Waals surface area (Å²) in [6.45, 7) is 6.69. The van der Waals surface area contributed by atoms with Crippen LogP contribution in [0, 0.1) is 17.8 Å². The van der Waals surface area contributed by atoms with E-state index in [1.54, 1.807) is 0 Å². The predicted octanol–water partition coefficient (Wildman–Crippen LogP) is 2.37. The van der Waals surface area contributed by atoms with E-state index < -0.39 is 5.97 Å². The van der Waals surface area contributed by atoms with Crippen LogP contribution < -0.4 is 0 Å². The molecule has 1 N–H and O–H groups in total. The Morgan fingerprint density at radius 1 is 1.08 bits per heavy atom. The van der Waals surface area contributed by atoms with E-state index in [1.807, 2.05) is 23.6 Å². The molecule has 6 nitrogen and oxygen atoms in total. The molecule has 2 fully saturated rings. The molecule has 2 saturated heterocycles. The fourth-order valence-electron chi connectivity index (χ4n) is 3.95. The van der Waals surface area contributed by atoms with Gasteiger partial charge in [0.1, 0.15) is 0 Å². The van der Waals surface area contributed by atoms with Crippen LogP contribution in [0.15, 0.2) is 0 Å². The molecular weight excluding hydrogens is 320 g/mol. The van der Waals surface area contributed by atoms with Crippen LogP contribution in [0.1, 0.15) is 58.8 Å². The van der Waals surface area contributed by atoms with Crippen LogP contribution in [0.2, 0.25) is 0 Å². The number of carboxylic acid groups (broad SMARTS) is 1. The van der Waals surface area contributed by atoms with Crippen LogP contribution in [0.5, 0.6) is 0 Å². The van der Waals surface area contributed by atoms with Crippen LogP contribution >= 0.6 is 0 Å². The lowest BCUT2D eigenvalue weighted by Gasteiger charge is -2.39. The number of piperidine rings is 2. The fourth-order valence-corrected chi connectivity index (χ4v) is 3.95. The summed E-state index contributed by atoms with van der Waals surface area (Å²) >= 11 is 0. The molecule has 0 aromatic heterocycles. The molecule has 0 saturated carbocycles. The molecule has 2 aliphatic rings. The second-order valence-corrected chi connectivity index (χ2v) is 7.66. The average Bonchev–Trinajstić information content (AvgIpc) is 2.64. The molecule has 2 heterocycles. The van der Waals surface area contributed by atoms with Gasteiger partial charge in [0.2, 0.25) is 11.8 Å². The number of aliphatic carboxylic acids is 1. The van der Waals surface area contributed by atoms with Crippen molar-refractivity contribution < 1.29 is 19.5 Å². The predicted molar refractivity (Wildman–Crippen MR) is 94.9 cm³/mol. The van der Waals surface area contributed by atoms with Crippen molar-refractivity contribution in [3.63, 3.8) is 0 Å². The highest BCUT2D eigenvalue weighted by Crippen LogP contribution is 2.26. The Hall–Kier alpha value is -1.59. The van der Waals surface area contributed by atoms with Crippen LogP contribution in [0.4, 0.5) is 0 Å². The minimum Gasteiger partial charge on any atom is -0.481 e. The smallest absolute Gasteiger partial charge is 0.303 e. The lowest BCUT2D eigenvalue weighted by Crippen LogP contribution is -2.50. The van der Waals surface area contributed by atoms with Gasteiger partial charge in [-0.25, -0.2) is 0 Å². The third-order valence-corrected chi connectivity index (χ3v) is 5.71. The topological polar surface area (TPSA) is 77.9 Å². The van der Waals surface area contributed by atoms with Crippen LogP contribution in [-0.4, -0.2) is 58.9 Å². The van der Waals surface area contributed by atoms with E-state index >= 15 is 0 Å². The molecule has 142 valence electrons. The van der Waals surface area contributed by atoms with Crippen molar-refractivity contribution in [1.29, 1.82) is 0 Å². The van der Waals surface area contributed by atoms with Crippen molar-refractivity contribution in [3.05, 3.63) is 0 Å². The normalized spacial score (nSPS) is 25.5. The summed E-state index contributed by atoms with van der Waals surface area (Å²) in [6, 6.07) is 0. The first kappa shape index (κ1) is 19.7. The number of nitrogens with zero attached hydrogens (tertiary/aromatic N) is 2. The van der Waals surface area contributed by atoms with Gasteiger partial charge in [-0.3, -0.25) is 14.4 Å². The number of amides is 2. The van der Waals surface area contributed by atoms with Gasteiger partial charge in [0.15, 0.2) is 0 Å². The number of hydrogen-bond acceptors (Lipinski definition) is 3. The zero-order chi connectivity index (χ0) is 18.4. The molecular formula is C19H32N2O4. The summed E-state index contributed by atoms with van der Waals surface area (Å²) in [5.74, 6) is -0.242. The zero-order valence-electron chi connectivity index (χ0n) is 15.6. The Kier molecular flexibility index (Phi) is 7.26. The number of carbonyl (C=O) groups is 3. The fraction of sp³-hybridized carbons (Fsp3) is 0.842. The van der Waals surface area contributed by atoms with Gasteiger partial charge in [-0.2, -0.15) is 0 Å². The van der Waals surface area contributed by atoms with Crippen molar-refractivity contribution >= 4 is 17.8 Å². The van der Waals surface area contributed by atoms with Crippen molar-refractivity contribution in [2.75, 3.05) is 26.2 Å². The number of rotatable bonds is 6. The Morgan fingerprint density at radius 3 is 2.44 bits per heavy atom. The highest BCUT2D eigenvalue weighted by molar-refractivity contribution is 5.82. The monoisotopic (exact) mass is 352 g/mol. The molecule has 3 atom stereocenters. The van der Waals surface area contributed by atoms with E-state index in [0.717, 1.165) is 45.2 Å². The van der Waals surface area contributed by atoms with Crippen molar-refractivity contribution in [2.24, 2.45) is 17.8 Å². The summed E-state index contributed by atoms with van der Waals surface area (Å²) in [7, 11) is 0. The molecule has 2 amide bonds. The van der Waals surface area contributed by atoms with E-state index in [4.69, 9.17) is 5.11 Å². The molecule has 2 aliphatic heterocycles. The van der Waals surface area contributed by atoms with Crippen molar-refractivity contribution in [3.8, 4) is 0 Å². The Labute approximate surface area is 150 Å². The van der Waals surface area contributed by atoms with Gasteiger partial charge in [0, 0.05) is 38.5 Å². The number of carbonyl (C=O) groups excluding carboxylic acids is 2. The number of hydrogen-bond donors (Lipinski definition) is 1. The molecule has 0 aliphatic carbocycles. The van der Waals surface area contributed by atoms with Crippen LogP contribution in [-0.2, 0) is 14.4 Å². The van der Waals surface area contributed by atoms with Gasteiger partial charge in [-0.05, 0) is 44.4 Å². The first-order chi connectivity index (χ1) is 11.9. The first-order valence-corrected chi connectivity index (χ1v) is 9.71. The molecule has 0 aromatic rings. The minimum absolute atomic E-state index is 0.0178. The second kappa shape index (κ2) is 9.20. The van der Waals surface area contributed by atoms with E-state index in [2.05, 4.69) is 0 Å². The molecule has 0 radical (unpaired) electrons. The molecule has 0 spiro atoms. The number of carboxylic acids is 1. The third-order valence-electron chi connectivity index (χ3n) is 5.71. The van der Waals surface area contributed by atoms with E-state index in [1.165, 1.54) is 0 Å². The second-order valence-electron chi connectivity index (χ2n) is 7.66. The number of likely N-dealkylation sites (tertiary alicyclic amines) is 2. The summed E-state index contributed by atoms with van der Waals surface area (Å²) in [4.78, 5) is 39.9. The van der Waals surface area contributed by atoms with E-state index in [9.17, 15) is 14.4 Å². The largest absolute Gasteiger partial charge is 0.481 e. The third kappa shape index (κ3) is 5.44. The summed E-state index contributed by atoms with van der Waals surface area (Å²) < 4.78 is 0. The Bertz CT molecular complexity index is 494. The average molecular weight is 352 g/mol. The SMILES string of the molecule is CCC(C)C(=O)N1CCCC(C(=O)N2CCCC(CCC(=O)O)C2)C1. The highest BCUT2D eigenvalue weighted by atomic mass is 16.4. The maximum absolute atomic E-state index is 12.9. The van der Waals surface area contributed by atoms with Gasteiger partial charge in [-0.1, -0.05) is 13.8 Å². The molecule has 0 bridgehead atoms.